The van der Waals surface area contributed by atoms with Gasteiger partial charge >= 0.3 is 0 Å². The van der Waals surface area contributed by atoms with Crippen LogP contribution >= 0.6 is 23.4 Å². The topological polar surface area (TPSA) is 124 Å². The van der Waals surface area contributed by atoms with Crippen LogP contribution in [0.5, 0.6) is 23.0 Å². The van der Waals surface area contributed by atoms with E-state index >= 15 is 0 Å². The van der Waals surface area contributed by atoms with Crippen molar-refractivity contribution in [1.29, 1.82) is 0 Å². The molecule has 4 aromatic carbocycles. The van der Waals surface area contributed by atoms with E-state index in [1.165, 1.54) is 40.2 Å². The van der Waals surface area contributed by atoms with Crippen molar-refractivity contribution in [3.05, 3.63) is 107 Å². The number of benzene rings is 4. The Hall–Kier alpha value is -5.13. The van der Waals surface area contributed by atoms with Gasteiger partial charge in [0.25, 0.3) is 11.8 Å². The molecule has 0 radical (unpaired) electrons. The Labute approximate surface area is 288 Å². The molecule has 0 aromatic heterocycles. The van der Waals surface area contributed by atoms with Crippen LogP contribution in [0.25, 0.3) is 6.08 Å². The number of thioether (sulfide) groups is 1. The highest BCUT2D eigenvalue weighted by molar-refractivity contribution is 8.00. The van der Waals surface area contributed by atoms with E-state index < -0.39 is 17.1 Å². The van der Waals surface area contributed by atoms with E-state index in [9.17, 15) is 14.4 Å². The molecule has 0 spiro atoms. The lowest BCUT2D eigenvalue weighted by Crippen LogP contribution is -2.30. The van der Waals surface area contributed by atoms with Crippen molar-refractivity contribution in [2.24, 2.45) is 0 Å². The van der Waals surface area contributed by atoms with Gasteiger partial charge in [0.15, 0.2) is 11.5 Å². The zero-order valence-electron chi connectivity index (χ0n) is 27.1. The van der Waals surface area contributed by atoms with Crippen LogP contribution in [0.15, 0.2) is 95.5 Å². The lowest BCUT2D eigenvalue weighted by Gasteiger charge is -2.18. The number of carbonyl (C=O) groups is 3. The Bertz CT molecular complexity index is 1800. The number of hydrogen-bond donors (Lipinski definition) is 3. The van der Waals surface area contributed by atoms with E-state index in [4.69, 9.17) is 30.5 Å². The maximum atomic E-state index is 13.6. The first-order valence-corrected chi connectivity index (χ1v) is 16.1. The van der Waals surface area contributed by atoms with Crippen LogP contribution < -0.4 is 34.9 Å². The first-order valence-electron chi connectivity index (χ1n) is 14.8. The Morgan fingerprint density at radius 3 is 2.15 bits per heavy atom. The van der Waals surface area contributed by atoms with Crippen molar-refractivity contribution < 1.29 is 33.3 Å². The summed E-state index contributed by atoms with van der Waals surface area (Å²) in [6.07, 6.45) is 2.07. The van der Waals surface area contributed by atoms with Crippen molar-refractivity contribution >= 4 is 58.5 Å². The third-order valence-corrected chi connectivity index (χ3v) is 8.67. The van der Waals surface area contributed by atoms with Gasteiger partial charge in [0, 0.05) is 22.2 Å². The second-order valence-electron chi connectivity index (χ2n) is 10.2. The van der Waals surface area contributed by atoms with Crippen LogP contribution in [0.2, 0.25) is 5.02 Å². The van der Waals surface area contributed by atoms with Crippen molar-refractivity contribution in [1.82, 2.24) is 5.32 Å². The van der Waals surface area contributed by atoms with Crippen molar-refractivity contribution in [2.45, 2.75) is 23.5 Å². The quantitative estimate of drug-likeness (QED) is 0.0932. The summed E-state index contributed by atoms with van der Waals surface area (Å²) in [5.41, 5.74) is 1.88. The molecular formula is C36H36ClN3O7S. The number of amides is 3. The van der Waals surface area contributed by atoms with E-state index in [1.54, 1.807) is 84.9 Å². The van der Waals surface area contributed by atoms with Crippen molar-refractivity contribution in [3.63, 3.8) is 0 Å². The zero-order valence-corrected chi connectivity index (χ0v) is 28.7. The van der Waals surface area contributed by atoms with Gasteiger partial charge in [-0.2, -0.15) is 0 Å². The summed E-state index contributed by atoms with van der Waals surface area (Å²) in [7, 11) is 6.03. The zero-order chi connectivity index (χ0) is 34.6. The molecule has 10 nitrogen and oxygen atoms in total. The third-order valence-electron chi connectivity index (χ3n) is 7.01. The van der Waals surface area contributed by atoms with E-state index in [0.29, 0.717) is 56.9 Å². The minimum absolute atomic E-state index is 0.00652. The minimum atomic E-state index is -0.551. The summed E-state index contributed by atoms with van der Waals surface area (Å²) in [5.74, 6) is 0.569. The van der Waals surface area contributed by atoms with Gasteiger partial charge in [0.2, 0.25) is 5.91 Å². The number of hydrogen-bond acceptors (Lipinski definition) is 8. The number of ether oxygens (including phenoxy) is 4. The summed E-state index contributed by atoms with van der Waals surface area (Å²) < 4.78 is 21.4. The summed E-state index contributed by atoms with van der Waals surface area (Å²) in [6.45, 7) is 1.90. The second-order valence-corrected chi connectivity index (χ2v) is 11.8. The second kappa shape index (κ2) is 17.1. The van der Waals surface area contributed by atoms with Gasteiger partial charge in [-0.3, -0.25) is 14.4 Å². The van der Waals surface area contributed by atoms with Crippen LogP contribution in [0.4, 0.5) is 11.4 Å². The Morgan fingerprint density at radius 2 is 1.48 bits per heavy atom. The average Bonchev–Trinajstić information content (AvgIpc) is 3.10. The van der Waals surface area contributed by atoms with E-state index in [1.807, 2.05) is 13.0 Å². The van der Waals surface area contributed by atoms with E-state index in [2.05, 4.69) is 16.0 Å². The van der Waals surface area contributed by atoms with Crippen molar-refractivity contribution in [3.8, 4) is 23.0 Å². The summed E-state index contributed by atoms with van der Waals surface area (Å²) in [6, 6.07) is 24.0. The summed E-state index contributed by atoms with van der Waals surface area (Å²) in [4.78, 5) is 40.8. The maximum absolute atomic E-state index is 13.6. The molecule has 250 valence electrons. The molecule has 0 bridgehead atoms. The van der Waals surface area contributed by atoms with Crippen LogP contribution in [0.3, 0.4) is 0 Å². The highest BCUT2D eigenvalue weighted by atomic mass is 35.5. The molecule has 3 N–H and O–H groups in total. The molecule has 0 saturated heterocycles. The molecule has 4 aromatic rings. The molecule has 0 aliphatic rings. The number of nitrogens with one attached hydrogen (secondary N) is 3. The highest BCUT2D eigenvalue weighted by Gasteiger charge is 2.22. The van der Waals surface area contributed by atoms with Gasteiger partial charge in [-0.25, -0.2) is 0 Å². The average molecular weight is 690 g/mol. The maximum Gasteiger partial charge on any atom is 0.272 e. The van der Waals surface area contributed by atoms with Crippen LogP contribution in [-0.2, 0) is 9.59 Å². The largest absolute Gasteiger partial charge is 0.495 e. The Morgan fingerprint density at radius 1 is 0.771 bits per heavy atom. The molecule has 12 heteroatoms. The number of rotatable bonds is 14. The standard InChI is InChI=1S/C36H36ClN3O7S/c1-6-33(36(43)39-27-20-26(37)30(45-3)21-31(27)46-4)48-25-14-10-13-24(19-25)38-35(42)28(40-34(41)23-11-8-7-9-12-23)17-22-15-16-29(44-2)32(18-22)47-5/h7-21,33H,6H2,1-5H3,(H,38,42)(H,39,43)(H,40,41)/b28-17+. The van der Waals surface area contributed by atoms with Gasteiger partial charge in [-0.15, -0.1) is 11.8 Å². The highest BCUT2D eigenvalue weighted by Crippen LogP contribution is 2.37. The van der Waals surface area contributed by atoms with Gasteiger partial charge in [-0.1, -0.05) is 48.9 Å². The molecule has 0 fully saturated rings. The molecule has 0 aliphatic heterocycles. The smallest absolute Gasteiger partial charge is 0.272 e. The van der Waals surface area contributed by atoms with Gasteiger partial charge in [-0.05, 0) is 66.6 Å². The third kappa shape index (κ3) is 9.24. The lowest BCUT2D eigenvalue weighted by molar-refractivity contribution is -0.116. The molecule has 0 saturated carbocycles. The predicted octanol–water partition coefficient (Wildman–Crippen LogP) is 7.29. The molecule has 0 heterocycles. The predicted molar refractivity (Wildman–Crippen MR) is 190 cm³/mol. The van der Waals surface area contributed by atoms with Gasteiger partial charge in [0.05, 0.1) is 44.4 Å². The normalized spacial score (nSPS) is 11.6. The molecule has 1 atom stereocenters. The lowest BCUT2D eigenvalue weighted by atomic mass is 10.1. The monoisotopic (exact) mass is 689 g/mol. The number of halogens is 1. The van der Waals surface area contributed by atoms with Crippen LogP contribution in [0.1, 0.15) is 29.3 Å². The molecular weight excluding hydrogens is 654 g/mol. The molecule has 4 rings (SSSR count). The molecule has 3 amide bonds. The number of methoxy groups -OCH3 is 4. The summed E-state index contributed by atoms with van der Waals surface area (Å²) in [5, 5.41) is 8.35. The number of carbonyl (C=O) groups excluding carboxylic acids is 3. The fourth-order valence-electron chi connectivity index (χ4n) is 4.55. The Balaban J connectivity index is 1.54. The Kier molecular flexibility index (Phi) is 12.8. The molecule has 0 aliphatic carbocycles. The fourth-order valence-corrected chi connectivity index (χ4v) is 5.81. The SMILES string of the molecule is CCC(Sc1cccc(NC(=O)/C(=C\c2ccc(OC)c(OC)c2)NC(=O)c2ccccc2)c1)C(=O)Nc1cc(Cl)c(OC)cc1OC. The fraction of sp³-hybridized carbons (Fsp3) is 0.194. The first kappa shape index (κ1) is 35.7. The van der Waals surface area contributed by atoms with Crippen molar-refractivity contribution in [2.75, 3.05) is 39.1 Å². The van der Waals surface area contributed by atoms with Gasteiger partial charge in [0.1, 0.15) is 17.2 Å². The first-order chi connectivity index (χ1) is 23.2. The van der Waals surface area contributed by atoms with E-state index in [0.717, 1.165) is 4.90 Å². The van der Waals surface area contributed by atoms with Crippen LogP contribution in [-0.4, -0.2) is 51.4 Å². The molecule has 1 unspecified atom stereocenters. The number of anilines is 2. The molecule has 48 heavy (non-hydrogen) atoms. The van der Waals surface area contributed by atoms with E-state index in [-0.39, 0.29) is 11.6 Å². The van der Waals surface area contributed by atoms with Crippen LogP contribution in [0, 0.1) is 0 Å². The van der Waals surface area contributed by atoms with Gasteiger partial charge < -0.3 is 34.9 Å². The minimum Gasteiger partial charge on any atom is -0.495 e. The summed E-state index contributed by atoms with van der Waals surface area (Å²) >= 11 is 7.62.